The standard InChI is InChI=1S/C21H16ClN3O3/c22-18-11-17(8-6-15(18)12-23)25-20(26)13-28-21(27)10-9-16-7-5-14-3-1-2-4-19(14)24-16/h1-8,11H,9-10,13H2,(H,25,26). The van der Waals surface area contributed by atoms with Gasteiger partial charge in [0.2, 0.25) is 0 Å². The van der Waals surface area contributed by atoms with E-state index in [1.807, 2.05) is 42.5 Å². The molecule has 0 aliphatic heterocycles. The third kappa shape index (κ3) is 5.06. The number of nitrogens with zero attached hydrogens (tertiary/aromatic N) is 2. The van der Waals surface area contributed by atoms with Gasteiger partial charge in [-0.3, -0.25) is 14.6 Å². The lowest BCUT2D eigenvalue weighted by molar-refractivity contribution is -0.147. The number of carbonyl (C=O) groups excluding carboxylic acids is 2. The number of pyridine rings is 1. The minimum atomic E-state index is -0.488. The fourth-order valence-electron chi connectivity index (χ4n) is 2.58. The first-order valence-corrected chi connectivity index (χ1v) is 8.93. The Bertz CT molecular complexity index is 1080. The zero-order valence-corrected chi connectivity index (χ0v) is 15.6. The molecule has 0 saturated carbocycles. The summed E-state index contributed by atoms with van der Waals surface area (Å²) in [6, 6.07) is 18.0. The maximum atomic E-state index is 11.9. The van der Waals surface area contributed by atoms with Crippen molar-refractivity contribution in [3.05, 3.63) is 70.9 Å². The summed E-state index contributed by atoms with van der Waals surface area (Å²) in [6.45, 7) is -0.401. The van der Waals surface area contributed by atoms with Crippen molar-refractivity contribution in [3.8, 4) is 6.07 Å². The van der Waals surface area contributed by atoms with E-state index in [4.69, 9.17) is 21.6 Å². The molecule has 140 valence electrons. The molecule has 6 nitrogen and oxygen atoms in total. The number of anilines is 1. The lowest BCUT2D eigenvalue weighted by Crippen LogP contribution is -2.21. The largest absolute Gasteiger partial charge is 0.456 e. The number of nitrogens with one attached hydrogen (secondary N) is 1. The molecule has 0 aliphatic rings. The molecule has 3 rings (SSSR count). The summed E-state index contributed by atoms with van der Waals surface area (Å²) in [6.07, 6.45) is 0.553. The predicted molar refractivity (Wildman–Crippen MR) is 106 cm³/mol. The van der Waals surface area contributed by atoms with Crippen LogP contribution in [0, 0.1) is 11.3 Å². The lowest BCUT2D eigenvalue weighted by atomic mass is 10.1. The molecule has 1 N–H and O–H groups in total. The molecule has 0 bridgehead atoms. The van der Waals surface area contributed by atoms with Crippen LogP contribution in [0.15, 0.2) is 54.6 Å². The van der Waals surface area contributed by atoms with Gasteiger partial charge >= 0.3 is 5.97 Å². The van der Waals surface area contributed by atoms with Crippen LogP contribution in [-0.4, -0.2) is 23.5 Å². The quantitative estimate of drug-likeness (QED) is 0.641. The van der Waals surface area contributed by atoms with Crippen molar-refractivity contribution in [2.45, 2.75) is 12.8 Å². The Labute approximate surface area is 166 Å². The van der Waals surface area contributed by atoms with Crippen molar-refractivity contribution >= 4 is 40.1 Å². The molecule has 1 heterocycles. The predicted octanol–water partition coefficient (Wildman–Crippen LogP) is 3.87. The summed E-state index contributed by atoms with van der Waals surface area (Å²) in [5.41, 5.74) is 2.39. The Morgan fingerprint density at radius 3 is 2.75 bits per heavy atom. The number of hydrogen-bond donors (Lipinski definition) is 1. The number of fused-ring (bicyclic) bond motifs is 1. The number of benzene rings is 2. The number of aromatic nitrogens is 1. The van der Waals surface area contributed by atoms with Gasteiger partial charge in [-0.05, 0) is 30.3 Å². The number of carbonyl (C=O) groups is 2. The Morgan fingerprint density at radius 2 is 1.96 bits per heavy atom. The van der Waals surface area contributed by atoms with E-state index in [1.54, 1.807) is 6.07 Å². The van der Waals surface area contributed by atoms with Gasteiger partial charge in [0.1, 0.15) is 6.07 Å². The summed E-state index contributed by atoms with van der Waals surface area (Å²) in [5.74, 6) is -0.971. The van der Waals surface area contributed by atoms with Crippen LogP contribution in [0.25, 0.3) is 10.9 Å². The number of rotatable bonds is 6. The van der Waals surface area contributed by atoms with Crippen LogP contribution in [0.1, 0.15) is 17.7 Å². The van der Waals surface area contributed by atoms with Crippen LogP contribution < -0.4 is 5.32 Å². The van der Waals surface area contributed by atoms with Gasteiger partial charge in [0.25, 0.3) is 5.91 Å². The molecule has 0 spiro atoms. The summed E-state index contributed by atoms with van der Waals surface area (Å²) < 4.78 is 5.00. The van der Waals surface area contributed by atoms with Crippen molar-refractivity contribution in [3.63, 3.8) is 0 Å². The van der Waals surface area contributed by atoms with Crippen molar-refractivity contribution in [1.29, 1.82) is 5.26 Å². The van der Waals surface area contributed by atoms with Gasteiger partial charge in [-0.15, -0.1) is 0 Å². The Morgan fingerprint density at radius 1 is 1.14 bits per heavy atom. The average Bonchev–Trinajstić information content (AvgIpc) is 2.70. The van der Waals surface area contributed by atoms with Crippen LogP contribution in [0.2, 0.25) is 5.02 Å². The number of nitriles is 1. The first-order chi connectivity index (χ1) is 13.5. The minimum absolute atomic E-state index is 0.126. The molecule has 0 aliphatic carbocycles. The fourth-order valence-corrected chi connectivity index (χ4v) is 2.80. The van der Waals surface area contributed by atoms with E-state index in [0.29, 0.717) is 17.7 Å². The van der Waals surface area contributed by atoms with Crippen LogP contribution in [0.3, 0.4) is 0 Å². The zero-order valence-electron chi connectivity index (χ0n) is 14.8. The van der Waals surface area contributed by atoms with E-state index in [2.05, 4.69) is 10.3 Å². The highest BCUT2D eigenvalue weighted by atomic mass is 35.5. The minimum Gasteiger partial charge on any atom is -0.456 e. The summed E-state index contributed by atoms with van der Waals surface area (Å²) >= 11 is 5.91. The molecule has 7 heteroatoms. The van der Waals surface area contributed by atoms with E-state index in [-0.39, 0.29) is 11.4 Å². The Kier molecular flexibility index (Phi) is 6.20. The number of hydrogen-bond acceptors (Lipinski definition) is 5. The van der Waals surface area contributed by atoms with E-state index < -0.39 is 18.5 Å². The average molecular weight is 394 g/mol. The third-order valence-electron chi connectivity index (χ3n) is 3.98. The molecule has 0 saturated heterocycles. The molecular formula is C21H16ClN3O3. The first-order valence-electron chi connectivity index (χ1n) is 8.55. The summed E-state index contributed by atoms with van der Waals surface area (Å²) in [4.78, 5) is 28.3. The summed E-state index contributed by atoms with van der Waals surface area (Å²) in [7, 11) is 0. The van der Waals surface area contributed by atoms with E-state index in [0.717, 1.165) is 16.6 Å². The van der Waals surface area contributed by atoms with Gasteiger partial charge in [-0.25, -0.2) is 0 Å². The van der Waals surface area contributed by atoms with Crippen LogP contribution >= 0.6 is 11.6 Å². The number of esters is 1. The number of para-hydroxylation sites is 1. The van der Waals surface area contributed by atoms with Crippen molar-refractivity contribution in [2.75, 3.05) is 11.9 Å². The molecule has 2 aromatic carbocycles. The number of amides is 1. The van der Waals surface area contributed by atoms with Crippen molar-refractivity contribution in [2.24, 2.45) is 0 Å². The first kappa shape index (κ1) is 19.3. The number of aryl methyl sites for hydroxylation is 1. The monoisotopic (exact) mass is 393 g/mol. The molecular weight excluding hydrogens is 378 g/mol. The zero-order chi connectivity index (χ0) is 19.9. The van der Waals surface area contributed by atoms with E-state index in [1.165, 1.54) is 12.1 Å². The molecule has 28 heavy (non-hydrogen) atoms. The second-order valence-corrected chi connectivity index (χ2v) is 6.42. The van der Waals surface area contributed by atoms with Crippen molar-refractivity contribution in [1.82, 2.24) is 4.98 Å². The number of ether oxygens (including phenoxy) is 1. The maximum absolute atomic E-state index is 11.9. The van der Waals surface area contributed by atoms with Gasteiger partial charge in [0.15, 0.2) is 6.61 Å². The molecule has 0 fully saturated rings. The molecule has 1 amide bonds. The molecule has 0 atom stereocenters. The highest BCUT2D eigenvalue weighted by Crippen LogP contribution is 2.20. The van der Waals surface area contributed by atoms with Gasteiger partial charge in [0, 0.05) is 23.2 Å². The van der Waals surface area contributed by atoms with Crippen molar-refractivity contribution < 1.29 is 14.3 Å². The fraction of sp³-hybridized carbons (Fsp3) is 0.143. The van der Waals surface area contributed by atoms with E-state index in [9.17, 15) is 9.59 Å². The second-order valence-electron chi connectivity index (χ2n) is 6.01. The molecule has 1 aromatic heterocycles. The molecule has 0 unspecified atom stereocenters. The third-order valence-corrected chi connectivity index (χ3v) is 4.29. The SMILES string of the molecule is N#Cc1ccc(NC(=O)COC(=O)CCc2ccc3ccccc3n2)cc1Cl. The van der Waals surface area contributed by atoms with E-state index >= 15 is 0 Å². The number of halogens is 1. The van der Waals surface area contributed by atoms with Crippen LogP contribution in [0.4, 0.5) is 5.69 Å². The van der Waals surface area contributed by atoms with Crippen LogP contribution in [-0.2, 0) is 20.7 Å². The highest BCUT2D eigenvalue weighted by molar-refractivity contribution is 6.32. The highest BCUT2D eigenvalue weighted by Gasteiger charge is 2.10. The summed E-state index contributed by atoms with van der Waals surface area (Å²) in [5, 5.41) is 12.7. The topological polar surface area (TPSA) is 92.1 Å². The normalized spacial score (nSPS) is 10.3. The van der Waals surface area contributed by atoms with Gasteiger partial charge in [-0.2, -0.15) is 5.26 Å². The van der Waals surface area contributed by atoms with Crippen LogP contribution in [0.5, 0.6) is 0 Å². The lowest BCUT2D eigenvalue weighted by Gasteiger charge is -2.07. The molecule has 0 radical (unpaired) electrons. The maximum Gasteiger partial charge on any atom is 0.306 e. The smallest absolute Gasteiger partial charge is 0.306 e. The van der Waals surface area contributed by atoms with Gasteiger partial charge < -0.3 is 10.1 Å². The molecule has 3 aromatic rings. The Balaban J connectivity index is 1.46. The van der Waals surface area contributed by atoms with Gasteiger partial charge in [-0.1, -0.05) is 35.9 Å². The van der Waals surface area contributed by atoms with Gasteiger partial charge in [0.05, 0.1) is 22.5 Å². The Hall–Kier alpha value is -3.43. The second kappa shape index (κ2) is 8.98.